The first kappa shape index (κ1) is 10.8. The lowest BCUT2D eigenvalue weighted by Crippen LogP contribution is -2.12. The molecule has 0 aromatic carbocycles. The van der Waals surface area contributed by atoms with Gasteiger partial charge >= 0.3 is 0 Å². The lowest BCUT2D eigenvalue weighted by molar-refractivity contribution is -0.119. The number of pyridine rings is 1. The molecule has 0 radical (unpaired) electrons. The van der Waals surface area contributed by atoms with Crippen molar-refractivity contribution >= 4 is 11.4 Å². The Hall–Kier alpha value is -1.71. The van der Waals surface area contributed by atoms with Crippen LogP contribution in [-0.2, 0) is 4.79 Å². The third-order valence-corrected chi connectivity index (χ3v) is 2.83. The molecule has 4 nitrogen and oxygen atoms in total. The molecule has 0 saturated carbocycles. The first-order valence-corrected chi connectivity index (χ1v) is 5.46. The molecule has 0 N–H and O–H groups in total. The van der Waals surface area contributed by atoms with Crippen molar-refractivity contribution in [2.75, 3.05) is 0 Å². The number of aryl methyl sites for hydroxylation is 1. The van der Waals surface area contributed by atoms with Crippen molar-refractivity contribution in [1.29, 1.82) is 0 Å². The maximum absolute atomic E-state index is 11.7. The predicted molar refractivity (Wildman–Crippen MR) is 61.4 cm³/mol. The molecule has 2 aromatic rings. The van der Waals surface area contributed by atoms with Crippen molar-refractivity contribution in [2.45, 2.75) is 33.1 Å². The van der Waals surface area contributed by atoms with Crippen molar-refractivity contribution in [3.8, 4) is 0 Å². The average molecular weight is 217 g/mol. The molecule has 0 spiro atoms. The molecule has 2 rings (SSSR count). The topological polar surface area (TPSA) is 47.3 Å². The minimum Gasteiger partial charge on any atom is -0.299 e. The van der Waals surface area contributed by atoms with E-state index in [1.165, 1.54) is 6.33 Å². The van der Waals surface area contributed by atoms with Gasteiger partial charge in [-0.3, -0.25) is 4.79 Å². The van der Waals surface area contributed by atoms with Gasteiger partial charge in [-0.05, 0) is 31.5 Å². The van der Waals surface area contributed by atoms with Crippen LogP contribution in [0.15, 0.2) is 18.5 Å². The number of rotatable bonds is 3. The molecule has 0 aliphatic rings. The molecule has 84 valence electrons. The second kappa shape index (κ2) is 4.04. The van der Waals surface area contributed by atoms with E-state index in [1.54, 1.807) is 4.52 Å². The summed E-state index contributed by atoms with van der Waals surface area (Å²) in [6.45, 7) is 5.80. The summed E-state index contributed by atoms with van der Waals surface area (Å²) in [5.74, 6) is 0.0940. The number of ketones is 1. The Balaban J connectivity index is 2.58. The first-order chi connectivity index (χ1) is 7.63. The minimum atomic E-state index is -0.130. The Labute approximate surface area is 94.3 Å². The lowest BCUT2D eigenvalue weighted by Gasteiger charge is -2.11. The summed E-state index contributed by atoms with van der Waals surface area (Å²) in [4.78, 5) is 15.9. The molecule has 0 bridgehead atoms. The average Bonchev–Trinajstić information content (AvgIpc) is 2.73. The van der Waals surface area contributed by atoms with E-state index in [1.807, 2.05) is 32.9 Å². The Kier molecular flexibility index (Phi) is 2.73. The molecule has 0 amide bonds. The van der Waals surface area contributed by atoms with Gasteiger partial charge in [-0.2, -0.15) is 5.10 Å². The normalized spacial score (nSPS) is 12.9. The summed E-state index contributed by atoms with van der Waals surface area (Å²) in [7, 11) is 0. The Morgan fingerprint density at radius 1 is 1.50 bits per heavy atom. The van der Waals surface area contributed by atoms with Crippen LogP contribution >= 0.6 is 0 Å². The second-order valence-corrected chi connectivity index (χ2v) is 4.03. The molecular weight excluding hydrogens is 202 g/mol. The number of carbonyl (C=O) groups excluding carboxylic acids is 1. The minimum absolute atomic E-state index is 0.130. The molecule has 2 aromatic heterocycles. The van der Waals surface area contributed by atoms with Gasteiger partial charge in [-0.25, -0.2) is 9.50 Å². The SMILES string of the molecule is CCC(=O)C(C)c1cc(C)cc2ncnn12. The van der Waals surface area contributed by atoms with Crippen molar-refractivity contribution in [3.63, 3.8) is 0 Å². The fraction of sp³-hybridized carbons (Fsp3) is 0.417. The van der Waals surface area contributed by atoms with E-state index < -0.39 is 0 Å². The van der Waals surface area contributed by atoms with Crippen LogP contribution in [0.4, 0.5) is 0 Å². The van der Waals surface area contributed by atoms with Crippen molar-refractivity contribution in [3.05, 3.63) is 29.7 Å². The number of fused-ring (bicyclic) bond motifs is 1. The highest BCUT2D eigenvalue weighted by molar-refractivity contribution is 5.84. The molecule has 16 heavy (non-hydrogen) atoms. The van der Waals surface area contributed by atoms with E-state index in [2.05, 4.69) is 10.1 Å². The van der Waals surface area contributed by atoms with Crippen LogP contribution in [0.1, 0.15) is 37.4 Å². The quantitative estimate of drug-likeness (QED) is 0.791. The van der Waals surface area contributed by atoms with Crippen LogP contribution in [-0.4, -0.2) is 20.4 Å². The zero-order chi connectivity index (χ0) is 11.7. The van der Waals surface area contributed by atoms with Crippen molar-refractivity contribution in [2.24, 2.45) is 0 Å². The molecule has 0 aliphatic carbocycles. The zero-order valence-electron chi connectivity index (χ0n) is 9.77. The van der Waals surface area contributed by atoms with E-state index in [9.17, 15) is 4.79 Å². The van der Waals surface area contributed by atoms with Gasteiger partial charge in [0, 0.05) is 6.42 Å². The summed E-state index contributed by atoms with van der Waals surface area (Å²) in [5, 5.41) is 4.15. The first-order valence-electron chi connectivity index (χ1n) is 5.46. The fourth-order valence-electron chi connectivity index (χ4n) is 1.87. The molecule has 1 unspecified atom stereocenters. The zero-order valence-corrected chi connectivity index (χ0v) is 9.77. The molecule has 1 atom stereocenters. The summed E-state index contributed by atoms with van der Waals surface area (Å²) in [5.41, 5.74) is 2.82. The number of carbonyl (C=O) groups is 1. The third-order valence-electron chi connectivity index (χ3n) is 2.83. The maximum Gasteiger partial charge on any atom is 0.155 e. The Bertz CT molecular complexity index is 530. The van der Waals surface area contributed by atoms with Crippen molar-refractivity contribution in [1.82, 2.24) is 14.6 Å². The molecule has 2 heterocycles. The molecule has 4 heteroatoms. The van der Waals surface area contributed by atoms with Gasteiger partial charge in [0.15, 0.2) is 5.65 Å². The smallest absolute Gasteiger partial charge is 0.155 e. The van der Waals surface area contributed by atoms with E-state index in [0.717, 1.165) is 16.9 Å². The Morgan fingerprint density at radius 3 is 2.94 bits per heavy atom. The van der Waals surface area contributed by atoms with E-state index >= 15 is 0 Å². The molecular formula is C12H15N3O. The van der Waals surface area contributed by atoms with Gasteiger partial charge in [0.25, 0.3) is 0 Å². The largest absolute Gasteiger partial charge is 0.299 e. The summed E-state index contributed by atoms with van der Waals surface area (Å²) in [6, 6.07) is 3.96. The monoisotopic (exact) mass is 217 g/mol. The van der Waals surface area contributed by atoms with Gasteiger partial charge in [0.1, 0.15) is 12.1 Å². The lowest BCUT2D eigenvalue weighted by atomic mass is 9.99. The fourth-order valence-corrected chi connectivity index (χ4v) is 1.87. The van der Waals surface area contributed by atoms with Gasteiger partial charge in [-0.1, -0.05) is 6.92 Å². The molecule has 0 fully saturated rings. The standard InChI is InChI=1S/C12H15N3O/c1-4-11(16)9(3)10-5-8(2)6-12-13-7-14-15(10)12/h5-7,9H,4H2,1-3H3. The Morgan fingerprint density at radius 2 is 2.25 bits per heavy atom. The van der Waals surface area contributed by atoms with Crippen molar-refractivity contribution < 1.29 is 4.79 Å². The number of hydrogen-bond donors (Lipinski definition) is 0. The van der Waals surface area contributed by atoms with Crippen LogP contribution in [0.25, 0.3) is 5.65 Å². The van der Waals surface area contributed by atoms with Gasteiger partial charge in [0.2, 0.25) is 0 Å². The number of nitrogens with zero attached hydrogens (tertiary/aromatic N) is 3. The number of Topliss-reactive ketones (excluding diaryl/α,β-unsaturated/α-hetero) is 1. The van der Waals surface area contributed by atoms with Crippen LogP contribution in [0, 0.1) is 6.92 Å². The van der Waals surface area contributed by atoms with Crippen LogP contribution in [0.5, 0.6) is 0 Å². The highest BCUT2D eigenvalue weighted by Gasteiger charge is 2.17. The molecule has 0 aliphatic heterocycles. The van der Waals surface area contributed by atoms with E-state index in [-0.39, 0.29) is 11.7 Å². The molecule has 0 saturated heterocycles. The third kappa shape index (κ3) is 1.71. The van der Waals surface area contributed by atoms with E-state index in [0.29, 0.717) is 6.42 Å². The maximum atomic E-state index is 11.7. The second-order valence-electron chi connectivity index (χ2n) is 4.03. The highest BCUT2D eigenvalue weighted by Crippen LogP contribution is 2.19. The van der Waals surface area contributed by atoms with Gasteiger partial charge in [-0.15, -0.1) is 0 Å². The van der Waals surface area contributed by atoms with Gasteiger partial charge in [0.05, 0.1) is 11.6 Å². The summed E-state index contributed by atoms with van der Waals surface area (Å²) in [6.07, 6.45) is 2.06. The van der Waals surface area contributed by atoms with Crippen LogP contribution < -0.4 is 0 Å². The highest BCUT2D eigenvalue weighted by atomic mass is 16.1. The number of hydrogen-bond acceptors (Lipinski definition) is 3. The van der Waals surface area contributed by atoms with E-state index in [4.69, 9.17) is 0 Å². The summed E-state index contributed by atoms with van der Waals surface area (Å²) < 4.78 is 1.74. The predicted octanol–water partition coefficient (Wildman–Crippen LogP) is 2.12. The van der Waals surface area contributed by atoms with Crippen LogP contribution in [0.3, 0.4) is 0 Å². The van der Waals surface area contributed by atoms with Crippen LogP contribution in [0.2, 0.25) is 0 Å². The number of aromatic nitrogens is 3. The summed E-state index contributed by atoms with van der Waals surface area (Å²) >= 11 is 0. The van der Waals surface area contributed by atoms with Gasteiger partial charge < -0.3 is 0 Å².